The van der Waals surface area contributed by atoms with Gasteiger partial charge < -0.3 is 26.0 Å². The highest BCUT2D eigenvalue weighted by Gasteiger charge is 2.31. The maximum absolute atomic E-state index is 13.5. The van der Waals surface area contributed by atoms with Crippen LogP contribution in [0.3, 0.4) is 0 Å². The third-order valence-corrected chi connectivity index (χ3v) is 7.98. The Bertz CT molecular complexity index is 1220. The fourth-order valence-electron chi connectivity index (χ4n) is 5.86. The van der Waals surface area contributed by atoms with Crippen LogP contribution in [0.25, 0.3) is 0 Å². The van der Waals surface area contributed by atoms with E-state index in [-0.39, 0.29) is 54.4 Å². The molecular formula is C31H36N4O5. The van der Waals surface area contributed by atoms with Crippen molar-refractivity contribution < 1.29 is 23.9 Å². The van der Waals surface area contributed by atoms with Gasteiger partial charge in [0.1, 0.15) is 12.4 Å². The van der Waals surface area contributed by atoms with Crippen molar-refractivity contribution in [3.8, 4) is 5.75 Å². The van der Waals surface area contributed by atoms with Crippen LogP contribution in [0.15, 0.2) is 55.1 Å². The summed E-state index contributed by atoms with van der Waals surface area (Å²) in [6.45, 7) is 3.90. The average molecular weight is 545 g/mol. The van der Waals surface area contributed by atoms with Gasteiger partial charge in [-0.15, -0.1) is 0 Å². The van der Waals surface area contributed by atoms with E-state index < -0.39 is 0 Å². The van der Waals surface area contributed by atoms with Crippen LogP contribution in [0, 0.1) is 0 Å². The highest BCUT2D eigenvalue weighted by atomic mass is 16.5. The molecule has 4 amide bonds. The number of carbonyl (C=O) groups excluding carboxylic acids is 4. The van der Waals surface area contributed by atoms with E-state index >= 15 is 0 Å². The molecule has 2 aliphatic carbocycles. The third-order valence-electron chi connectivity index (χ3n) is 7.98. The molecule has 0 radical (unpaired) electrons. The molecule has 4 bridgehead atoms. The zero-order chi connectivity index (χ0) is 28.1. The van der Waals surface area contributed by atoms with Gasteiger partial charge in [-0.05, 0) is 62.1 Å². The van der Waals surface area contributed by atoms with Crippen molar-refractivity contribution in [1.29, 1.82) is 0 Å². The van der Waals surface area contributed by atoms with Crippen molar-refractivity contribution in [3.05, 3.63) is 77.4 Å². The fraction of sp³-hybridized carbons (Fsp3) is 0.419. The number of amides is 4. The molecule has 9 nitrogen and oxygen atoms in total. The van der Waals surface area contributed by atoms with E-state index in [9.17, 15) is 19.2 Å². The van der Waals surface area contributed by atoms with E-state index in [1.54, 1.807) is 48.5 Å². The normalized spacial score (nSPS) is 25.4. The number of ether oxygens (including phenoxy) is 1. The lowest BCUT2D eigenvalue weighted by Crippen LogP contribution is -2.53. The number of hydrogen-bond donors (Lipinski definition) is 4. The molecule has 2 fully saturated rings. The summed E-state index contributed by atoms with van der Waals surface area (Å²) in [4.78, 5) is 53.4. The molecule has 0 unspecified atom stereocenters. The zero-order valence-electron chi connectivity index (χ0n) is 22.5. The van der Waals surface area contributed by atoms with Gasteiger partial charge in [-0.1, -0.05) is 44.4 Å². The SMILES string of the molecule is C=CCOc1cc2cc(c1)C(=O)N[C@H]1CCCC[C@@H]1NC(=O)c1cccc(c1)C(=O)N[C@H]1CCCC[C@@H]1NC2=O. The van der Waals surface area contributed by atoms with Crippen LogP contribution >= 0.6 is 0 Å². The zero-order valence-corrected chi connectivity index (χ0v) is 22.5. The van der Waals surface area contributed by atoms with Crippen LogP contribution in [0.2, 0.25) is 0 Å². The van der Waals surface area contributed by atoms with Crippen LogP contribution in [-0.4, -0.2) is 54.4 Å². The molecule has 1 heterocycles. The van der Waals surface area contributed by atoms with Gasteiger partial charge >= 0.3 is 0 Å². The Hall–Kier alpha value is -4.14. The minimum Gasteiger partial charge on any atom is -0.490 e. The standard InChI is InChI=1S/C31H36N4O5/c1-2-14-40-23-17-21-16-22(18-23)31(39)35-27-13-6-4-11-25(27)33-29(37)20-9-7-8-19(15-20)28(36)32-24-10-3-5-12-26(24)34-30(21)38/h2,7-9,15-18,24-27H,1,3-6,10-14H2,(H,32,36)(H,33,37)(H,34,38)(H,35,39)/t24-,25-,26-,27-/m0/s1. The van der Waals surface area contributed by atoms with Crippen molar-refractivity contribution in [3.63, 3.8) is 0 Å². The van der Waals surface area contributed by atoms with Crippen LogP contribution in [0.1, 0.15) is 92.8 Å². The Morgan fingerprint density at radius 2 is 1.00 bits per heavy atom. The Morgan fingerprint density at radius 1 is 0.625 bits per heavy atom. The van der Waals surface area contributed by atoms with E-state index in [0.717, 1.165) is 38.5 Å². The summed E-state index contributed by atoms with van der Waals surface area (Å²) in [6, 6.07) is 10.3. The maximum atomic E-state index is 13.5. The highest BCUT2D eigenvalue weighted by Crippen LogP contribution is 2.24. The van der Waals surface area contributed by atoms with E-state index in [4.69, 9.17) is 4.74 Å². The number of fused-ring (bicyclic) bond motifs is 6. The number of hydrogen-bond acceptors (Lipinski definition) is 5. The van der Waals surface area contributed by atoms with Gasteiger partial charge in [0.15, 0.2) is 0 Å². The van der Waals surface area contributed by atoms with Gasteiger partial charge in [-0.3, -0.25) is 19.2 Å². The third kappa shape index (κ3) is 6.35. The Balaban J connectivity index is 1.52. The minimum absolute atomic E-state index is 0.222. The number of rotatable bonds is 3. The van der Waals surface area contributed by atoms with Gasteiger partial charge in [0.25, 0.3) is 23.6 Å². The quantitative estimate of drug-likeness (QED) is 0.440. The summed E-state index contributed by atoms with van der Waals surface area (Å²) < 4.78 is 5.72. The lowest BCUT2D eigenvalue weighted by molar-refractivity contribution is 0.0854. The van der Waals surface area contributed by atoms with Gasteiger partial charge in [0.05, 0.1) is 0 Å². The van der Waals surface area contributed by atoms with Gasteiger partial charge in [0.2, 0.25) is 0 Å². The highest BCUT2D eigenvalue weighted by molar-refractivity contribution is 6.01. The topological polar surface area (TPSA) is 126 Å². The summed E-state index contributed by atoms with van der Waals surface area (Å²) in [5, 5.41) is 12.3. The molecule has 0 aromatic heterocycles. The van der Waals surface area contributed by atoms with Crippen molar-refractivity contribution in [2.75, 3.05) is 6.61 Å². The first-order chi connectivity index (χ1) is 19.4. The van der Waals surface area contributed by atoms with Gasteiger partial charge in [-0.25, -0.2) is 0 Å². The fourth-order valence-corrected chi connectivity index (χ4v) is 5.86. The molecular weight excluding hydrogens is 508 g/mol. The predicted octanol–water partition coefficient (Wildman–Crippen LogP) is 3.51. The van der Waals surface area contributed by atoms with Crippen LogP contribution in [0.5, 0.6) is 5.75 Å². The minimum atomic E-state index is -0.338. The largest absolute Gasteiger partial charge is 0.490 e. The molecule has 2 saturated carbocycles. The molecule has 9 heteroatoms. The molecule has 4 N–H and O–H groups in total. The van der Waals surface area contributed by atoms with Gasteiger partial charge in [0, 0.05) is 46.4 Å². The summed E-state index contributed by atoms with van der Waals surface area (Å²) >= 11 is 0. The molecule has 1 aliphatic heterocycles. The van der Waals surface area contributed by atoms with Crippen molar-refractivity contribution in [2.45, 2.75) is 75.5 Å². The first-order valence-electron chi connectivity index (χ1n) is 14.1. The smallest absolute Gasteiger partial charge is 0.251 e. The summed E-state index contributed by atoms with van der Waals surface area (Å²) in [6.07, 6.45) is 8.15. The number of benzene rings is 2. The van der Waals surface area contributed by atoms with E-state index in [1.165, 1.54) is 0 Å². The molecule has 3 aliphatic rings. The monoisotopic (exact) mass is 544 g/mol. The molecule has 2 aromatic rings. The lowest BCUT2D eigenvalue weighted by atomic mass is 9.89. The van der Waals surface area contributed by atoms with Crippen LogP contribution in [0.4, 0.5) is 0 Å². The Morgan fingerprint density at radius 3 is 1.40 bits per heavy atom. The van der Waals surface area contributed by atoms with Crippen LogP contribution < -0.4 is 26.0 Å². The van der Waals surface area contributed by atoms with Crippen molar-refractivity contribution >= 4 is 23.6 Å². The summed E-state index contributed by atoms with van der Waals surface area (Å²) in [5.41, 5.74) is 1.36. The van der Waals surface area contributed by atoms with Crippen molar-refractivity contribution in [2.24, 2.45) is 0 Å². The van der Waals surface area contributed by atoms with E-state index in [2.05, 4.69) is 27.8 Å². The molecule has 5 rings (SSSR count). The Labute approximate surface area is 234 Å². The first-order valence-corrected chi connectivity index (χ1v) is 14.1. The van der Waals surface area contributed by atoms with E-state index in [1.807, 2.05) is 0 Å². The molecule has 40 heavy (non-hydrogen) atoms. The summed E-state index contributed by atoms with van der Waals surface area (Å²) in [7, 11) is 0. The molecule has 0 saturated heterocycles. The second-order valence-corrected chi connectivity index (χ2v) is 10.8. The summed E-state index contributed by atoms with van der Waals surface area (Å²) in [5.74, 6) is -0.864. The number of carbonyl (C=O) groups is 4. The van der Waals surface area contributed by atoms with E-state index in [0.29, 0.717) is 40.8 Å². The average Bonchev–Trinajstić information content (AvgIpc) is 2.97. The lowest BCUT2D eigenvalue weighted by Gasteiger charge is -2.33. The second kappa shape index (κ2) is 12.4. The van der Waals surface area contributed by atoms with Gasteiger partial charge in [-0.2, -0.15) is 0 Å². The molecule has 2 aromatic carbocycles. The van der Waals surface area contributed by atoms with Crippen LogP contribution in [-0.2, 0) is 0 Å². The predicted molar refractivity (Wildman–Crippen MR) is 151 cm³/mol. The second-order valence-electron chi connectivity index (χ2n) is 10.8. The molecule has 210 valence electrons. The first kappa shape index (κ1) is 27.4. The molecule has 0 spiro atoms. The Kier molecular flexibility index (Phi) is 8.48. The van der Waals surface area contributed by atoms with Crippen molar-refractivity contribution in [1.82, 2.24) is 21.3 Å². The number of nitrogens with one attached hydrogen (secondary N) is 4. The maximum Gasteiger partial charge on any atom is 0.251 e. The molecule has 4 atom stereocenters.